The molecular weight excluding hydrogens is 230 g/mol. The second-order valence-electron chi connectivity index (χ2n) is 3.90. The standard InChI is InChI=1S/C14H13NO3/c16-12-5-1-3-10(7-12)9-15-14(18)11-4-2-6-13(17)8-11/h1-8,16-17H,9H2,(H,15,18). The second kappa shape index (κ2) is 5.23. The van der Waals surface area contributed by atoms with E-state index in [1.807, 2.05) is 6.07 Å². The van der Waals surface area contributed by atoms with Gasteiger partial charge in [-0.2, -0.15) is 0 Å². The monoisotopic (exact) mass is 243 g/mol. The topological polar surface area (TPSA) is 69.6 Å². The van der Waals surface area contributed by atoms with Gasteiger partial charge < -0.3 is 15.5 Å². The Morgan fingerprint density at radius 3 is 2.33 bits per heavy atom. The van der Waals surface area contributed by atoms with Gasteiger partial charge in [0, 0.05) is 12.1 Å². The van der Waals surface area contributed by atoms with Crippen LogP contribution in [0.25, 0.3) is 0 Å². The number of amides is 1. The number of nitrogens with one attached hydrogen (secondary N) is 1. The molecule has 0 heterocycles. The predicted molar refractivity (Wildman–Crippen MR) is 67.4 cm³/mol. The van der Waals surface area contributed by atoms with E-state index < -0.39 is 0 Å². The Hall–Kier alpha value is -2.49. The molecular formula is C14H13NO3. The van der Waals surface area contributed by atoms with E-state index in [1.165, 1.54) is 12.1 Å². The van der Waals surface area contributed by atoms with E-state index in [0.717, 1.165) is 5.56 Å². The average Bonchev–Trinajstić information content (AvgIpc) is 2.36. The van der Waals surface area contributed by atoms with E-state index in [9.17, 15) is 15.0 Å². The maximum Gasteiger partial charge on any atom is 0.251 e. The van der Waals surface area contributed by atoms with Gasteiger partial charge in [-0.3, -0.25) is 4.79 Å². The van der Waals surface area contributed by atoms with Crippen molar-refractivity contribution < 1.29 is 15.0 Å². The highest BCUT2D eigenvalue weighted by Gasteiger charge is 2.05. The quantitative estimate of drug-likeness (QED) is 0.772. The number of phenolic OH excluding ortho intramolecular Hbond substituents is 2. The Bertz CT molecular complexity index is 566. The van der Waals surface area contributed by atoms with Gasteiger partial charge in [0.1, 0.15) is 11.5 Å². The lowest BCUT2D eigenvalue weighted by molar-refractivity contribution is 0.0950. The van der Waals surface area contributed by atoms with Crippen molar-refractivity contribution in [2.75, 3.05) is 0 Å². The molecule has 0 aliphatic rings. The molecule has 0 spiro atoms. The first-order chi connectivity index (χ1) is 8.65. The summed E-state index contributed by atoms with van der Waals surface area (Å²) in [6, 6.07) is 12.8. The second-order valence-corrected chi connectivity index (χ2v) is 3.90. The zero-order valence-electron chi connectivity index (χ0n) is 9.63. The number of hydrogen-bond donors (Lipinski definition) is 3. The van der Waals surface area contributed by atoms with Gasteiger partial charge in [-0.05, 0) is 35.9 Å². The van der Waals surface area contributed by atoms with Crippen LogP contribution >= 0.6 is 0 Å². The first-order valence-corrected chi connectivity index (χ1v) is 5.50. The highest BCUT2D eigenvalue weighted by Crippen LogP contribution is 2.12. The number of aromatic hydroxyl groups is 2. The molecule has 0 aliphatic heterocycles. The molecule has 0 saturated carbocycles. The summed E-state index contributed by atoms with van der Waals surface area (Å²) in [4.78, 5) is 11.8. The SMILES string of the molecule is O=C(NCc1cccc(O)c1)c1cccc(O)c1. The third kappa shape index (κ3) is 3.01. The summed E-state index contributed by atoms with van der Waals surface area (Å²) in [5, 5.41) is 21.3. The minimum atomic E-state index is -0.269. The van der Waals surface area contributed by atoms with Gasteiger partial charge in [-0.15, -0.1) is 0 Å². The molecule has 0 unspecified atom stereocenters. The lowest BCUT2D eigenvalue weighted by Gasteiger charge is -2.06. The van der Waals surface area contributed by atoms with Crippen LogP contribution in [0.2, 0.25) is 0 Å². The van der Waals surface area contributed by atoms with E-state index in [-0.39, 0.29) is 17.4 Å². The summed E-state index contributed by atoms with van der Waals surface area (Å²) >= 11 is 0. The van der Waals surface area contributed by atoms with Gasteiger partial charge in [0.15, 0.2) is 0 Å². The number of benzene rings is 2. The molecule has 4 heteroatoms. The van der Waals surface area contributed by atoms with E-state index >= 15 is 0 Å². The molecule has 92 valence electrons. The van der Waals surface area contributed by atoms with Crippen molar-refractivity contribution in [3.05, 3.63) is 59.7 Å². The Balaban J connectivity index is 2.00. The Kier molecular flexibility index (Phi) is 3.48. The largest absolute Gasteiger partial charge is 0.508 e. The van der Waals surface area contributed by atoms with Crippen LogP contribution in [0.3, 0.4) is 0 Å². The highest BCUT2D eigenvalue weighted by molar-refractivity contribution is 5.94. The third-order valence-electron chi connectivity index (χ3n) is 2.47. The highest BCUT2D eigenvalue weighted by atomic mass is 16.3. The summed E-state index contributed by atoms with van der Waals surface area (Å²) in [5.74, 6) is -0.0478. The van der Waals surface area contributed by atoms with Gasteiger partial charge in [0.25, 0.3) is 5.91 Å². The van der Waals surface area contributed by atoms with E-state index in [0.29, 0.717) is 12.1 Å². The third-order valence-corrected chi connectivity index (χ3v) is 2.47. The molecule has 0 radical (unpaired) electrons. The van der Waals surface area contributed by atoms with Crippen LogP contribution in [0.15, 0.2) is 48.5 Å². The van der Waals surface area contributed by atoms with Gasteiger partial charge in [0.05, 0.1) is 0 Å². The zero-order chi connectivity index (χ0) is 13.0. The molecule has 0 bridgehead atoms. The van der Waals surface area contributed by atoms with Gasteiger partial charge >= 0.3 is 0 Å². The van der Waals surface area contributed by atoms with Crippen molar-refractivity contribution in [2.24, 2.45) is 0 Å². The molecule has 0 aliphatic carbocycles. The number of carbonyl (C=O) groups excluding carboxylic acids is 1. The molecule has 18 heavy (non-hydrogen) atoms. The van der Waals surface area contributed by atoms with Gasteiger partial charge in [-0.1, -0.05) is 18.2 Å². The summed E-state index contributed by atoms with van der Waals surface area (Å²) in [6.45, 7) is 0.322. The van der Waals surface area contributed by atoms with Gasteiger partial charge in [0.2, 0.25) is 0 Å². The summed E-state index contributed by atoms with van der Waals surface area (Å²) < 4.78 is 0. The van der Waals surface area contributed by atoms with E-state index in [1.54, 1.807) is 30.3 Å². The Morgan fingerprint density at radius 1 is 1.00 bits per heavy atom. The van der Waals surface area contributed by atoms with Crippen molar-refractivity contribution in [3.63, 3.8) is 0 Å². The van der Waals surface area contributed by atoms with Crippen LogP contribution in [-0.4, -0.2) is 16.1 Å². The maximum absolute atomic E-state index is 11.8. The normalized spacial score (nSPS) is 10.0. The molecule has 2 aromatic rings. The molecule has 3 N–H and O–H groups in total. The number of rotatable bonds is 3. The van der Waals surface area contributed by atoms with Crippen LogP contribution in [0.4, 0.5) is 0 Å². The molecule has 0 fully saturated rings. The van der Waals surface area contributed by atoms with Crippen LogP contribution in [0, 0.1) is 0 Å². The van der Waals surface area contributed by atoms with Crippen molar-refractivity contribution in [2.45, 2.75) is 6.54 Å². The molecule has 0 saturated heterocycles. The fraction of sp³-hybridized carbons (Fsp3) is 0.0714. The van der Waals surface area contributed by atoms with E-state index in [2.05, 4.69) is 5.32 Å². The first kappa shape index (κ1) is 12.0. The fourth-order valence-electron chi connectivity index (χ4n) is 1.60. The van der Waals surface area contributed by atoms with Crippen molar-refractivity contribution in [3.8, 4) is 11.5 Å². The lowest BCUT2D eigenvalue weighted by atomic mass is 10.2. The van der Waals surface area contributed by atoms with Crippen LogP contribution in [0.1, 0.15) is 15.9 Å². The minimum Gasteiger partial charge on any atom is -0.508 e. The summed E-state index contributed by atoms with van der Waals surface area (Å²) in [5.41, 5.74) is 1.21. The number of phenols is 2. The number of hydrogen-bond acceptors (Lipinski definition) is 3. The van der Waals surface area contributed by atoms with E-state index in [4.69, 9.17) is 0 Å². The van der Waals surface area contributed by atoms with Crippen molar-refractivity contribution >= 4 is 5.91 Å². The Labute approximate surface area is 105 Å². The van der Waals surface area contributed by atoms with Crippen LogP contribution < -0.4 is 5.32 Å². The summed E-state index contributed by atoms with van der Waals surface area (Å²) in [6.07, 6.45) is 0. The van der Waals surface area contributed by atoms with Gasteiger partial charge in [-0.25, -0.2) is 0 Å². The van der Waals surface area contributed by atoms with Crippen molar-refractivity contribution in [1.82, 2.24) is 5.32 Å². The molecule has 2 aromatic carbocycles. The average molecular weight is 243 g/mol. The molecule has 0 aromatic heterocycles. The molecule has 4 nitrogen and oxygen atoms in total. The first-order valence-electron chi connectivity index (χ1n) is 5.50. The lowest BCUT2D eigenvalue weighted by Crippen LogP contribution is -2.22. The minimum absolute atomic E-state index is 0.0556. The van der Waals surface area contributed by atoms with Crippen LogP contribution in [-0.2, 0) is 6.54 Å². The summed E-state index contributed by atoms with van der Waals surface area (Å²) in [7, 11) is 0. The predicted octanol–water partition coefficient (Wildman–Crippen LogP) is 2.03. The van der Waals surface area contributed by atoms with Crippen molar-refractivity contribution in [1.29, 1.82) is 0 Å². The molecule has 0 atom stereocenters. The number of carbonyl (C=O) groups is 1. The molecule has 1 amide bonds. The fourth-order valence-corrected chi connectivity index (χ4v) is 1.60. The molecule has 2 rings (SSSR count). The maximum atomic E-state index is 11.8. The Morgan fingerprint density at radius 2 is 1.67 bits per heavy atom. The zero-order valence-corrected chi connectivity index (χ0v) is 9.63. The van der Waals surface area contributed by atoms with Crippen LogP contribution in [0.5, 0.6) is 11.5 Å². The smallest absolute Gasteiger partial charge is 0.251 e.